The molecule has 2 atom stereocenters. The van der Waals surface area contributed by atoms with Crippen molar-refractivity contribution < 1.29 is 0 Å². The number of aromatic nitrogens is 1. The van der Waals surface area contributed by atoms with Crippen molar-refractivity contribution in [2.45, 2.75) is 18.4 Å². The van der Waals surface area contributed by atoms with Crippen molar-refractivity contribution in [1.29, 1.82) is 0 Å². The molecule has 0 radical (unpaired) electrons. The molecule has 3 rings (SSSR count). The SMILES string of the molecule is C=CC12CNCC(Cn3c1cccc3=O)C2. The first-order valence-electron chi connectivity index (χ1n) is 5.80. The van der Waals surface area contributed by atoms with Gasteiger partial charge in [-0.2, -0.15) is 0 Å². The molecule has 3 nitrogen and oxygen atoms in total. The Bertz CT molecular complexity index is 491. The highest BCUT2D eigenvalue weighted by Gasteiger charge is 2.41. The third-order valence-electron chi connectivity index (χ3n) is 3.92. The zero-order valence-electron chi connectivity index (χ0n) is 9.28. The Morgan fingerprint density at radius 3 is 3.25 bits per heavy atom. The van der Waals surface area contributed by atoms with Gasteiger partial charge in [-0.25, -0.2) is 0 Å². The van der Waals surface area contributed by atoms with Crippen molar-refractivity contribution in [3.63, 3.8) is 0 Å². The maximum absolute atomic E-state index is 11.9. The minimum atomic E-state index is -0.0401. The molecule has 1 aromatic heterocycles. The summed E-state index contributed by atoms with van der Waals surface area (Å²) < 4.78 is 1.93. The molecule has 0 amide bonds. The van der Waals surface area contributed by atoms with E-state index >= 15 is 0 Å². The van der Waals surface area contributed by atoms with Crippen LogP contribution in [0.15, 0.2) is 35.6 Å². The quantitative estimate of drug-likeness (QED) is 0.708. The number of nitrogens with one attached hydrogen (secondary N) is 1. The van der Waals surface area contributed by atoms with Gasteiger partial charge in [0.1, 0.15) is 0 Å². The molecular weight excluding hydrogens is 200 g/mol. The van der Waals surface area contributed by atoms with Crippen molar-refractivity contribution >= 4 is 0 Å². The van der Waals surface area contributed by atoms with Crippen LogP contribution >= 0.6 is 0 Å². The van der Waals surface area contributed by atoms with Gasteiger partial charge in [0.25, 0.3) is 5.56 Å². The second-order valence-electron chi connectivity index (χ2n) is 4.92. The summed E-state index contributed by atoms with van der Waals surface area (Å²) >= 11 is 0. The number of nitrogens with zero attached hydrogens (tertiary/aromatic N) is 1. The van der Waals surface area contributed by atoms with E-state index in [1.807, 2.05) is 16.7 Å². The maximum atomic E-state index is 11.9. The fraction of sp³-hybridized carbons (Fsp3) is 0.462. The van der Waals surface area contributed by atoms with E-state index in [0.717, 1.165) is 31.7 Å². The van der Waals surface area contributed by atoms with E-state index in [0.29, 0.717) is 5.92 Å². The van der Waals surface area contributed by atoms with Gasteiger partial charge < -0.3 is 9.88 Å². The number of rotatable bonds is 1. The number of piperidine rings is 1. The van der Waals surface area contributed by atoms with E-state index in [1.165, 1.54) is 0 Å². The molecule has 3 heteroatoms. The number of fused-ring (bicyclic) bond motifs is 4. The van der Waals surface area contributed by atoms with Gasteiger partial charge in [-0.3, -0.25) is 4.79 Å². The van der Waals surface area contributed by atoms with Crippen LogP contribution in [0.2, 0.25) is 0 Å². The summed E-state index contributed by atoms with van der Waals surface area (Å²) in [4.78, 5) is 11.9. The zero-order chi connectivity index (χ0) is 11.2. The third kappa shape index (κ3) is 1.21. The first kappa shape index (κ1) is 9.85. The van der Waals surface area contributed by atoms with Crippen LogP contribution in [-0.2, 0) is 12.0 Å². The van der Waals surface area contributed by atoms with Crippen LogP contribution in [0.4, 0.5) is 0 Å². The van der Waals surface area contributed by atoms with Crippen LogP contribution in [0.3, 0.4) is 0 Å². The molecule has 16 heavy (non-hydrogen) atoms. The molecule has 0 aromatic carbocycles. The summed E-state index contributed by atoms with van der Waals surface area (Å²) in [5, 5.41) is 3.45. The Morgan fingerprint density at radius 1 is 1.56 bits per heavy atom. The van der Waals surface area contributed by atoms with Crippen molar-refractivity contribution in [3.8, 4) is 0 Å². The van der Waals surface area contributed by atoms with Crippen LogP contribution in [0, 0.1) is 5.92 Å². The lowest BCUT2D eigenvalue weighted by atomic mass is 9.71. The molecule has 1 N–H and O–H groups in total. The van der Waals surface area contributed by atoms with Crippen LogP contribution in [0.5, 0.6) is 0 Å². The van der Waals surface area contributed by atoms with Crippen molar-refractivity contribution in [2.75, 3.05) is 13.1 Å². The summed E-state index contributed by atoms with van der Waals surface area (Å²) in [6.45, 7) is 6.72. The summed E-state index contributed by atoms with van der Waals surface area (Å²) in [5.74, 6) is 0.555. The van der Waals surface area contributed by atoms with Crippen molar-refractivity contribution in [3.05, 3.63) is 46.9 Å². The van der Waals surface area contributed by atoms with Gasteiger partial charge in [-0.05, 0) is 24.9 Å². The molecule has 2 aliphatic rings. The van der Waals surface area contributed by atoms with E-state index in [2.05, 4.69) is 18.0 Å². The van der Waals surface area contributed by atoms with Gasteiger partial charge in [-0.1, -0.05) is 12.1 Å². The minimum Gasteiger partial charge on any atom is -0.315 e. The largest absolute Gasteiger partial charge is 0.315 e. The van der Waals surface area contributed by atoms with Crippen LogP contribution in [0.25, 0.3) is 0 Å². The van der Waals surface area contributed by atoms with E-state index in [-0.39, 0.29) is 11.0 Å². The molecule has 1 saturated heterocycles. The van der Waals surface area contributed by atoms with Gasteiger partial charge in [0.2, 0.25) is 0 Å². The lowest BCUT2D eigenvalue weighted by Gasteiger charge is -2.45. The molecule has 84 valence electrons. The van der Waals surface area contributed by atoms with Gasteiger partial charge in [-0.15, -0.1) is 6.58 Å². The van der Waals surface area contributed by atoms with Gasteiger partial charge in [0, 0.05) is 30.3 Å². The molecule has 2 aliphatic heterocycles. The molecule has 1 fully saturated rings. The fourth-order valence-electron chi connectivity index (χ4n) is 3.14. The van der Waals surface area contributed by atoms with Gasteiger partial charge >= 0.3 is 0 Å². The highest BCUT2D eigenvalue weighted by Crippen LogP contribution is 2.38. The van der Waals surface area contributed by atoms with Crippen LogP contribution in [0.1, 0.15) is 12.1 Å². The molecule has 1 aromatic rings. The Balaban J connectivity index is 2.25. The number of hydrogen-bond donors (Lipinski definition) is 1. The standard InChI is InChI=1S/C13H16N2O/c1-2-13-6-10(7-14-9-13)8-15-11(13)4-3-5-12(15)16/h2-5,10,14H,1,6-9H2. The summed E-state index contributed by atoms with van der Waals surface area (Å²) in [5.41, 5.74) is 1.20. The second-order valence-corrected chi connectivity index (χ2v) is 4.92. The number of hydrogen-bond acceptors (Lipinski definition) is 2. The average Bonchev–Trinajstić information content (AvgIpc) is 2.31. The normalized spacial score (nSPS) is 31.9. The van der Waals surface area contributed by atoms with Gasteiger partial charge in [0.15, 0.2) is 0 Å². The minimum absolute atomic E-state index is 0.0401. The monoisotopic (exact) mass is 216 g/mol. The van der Waals surface area contributed by atoms with E-state index < -0.39 is 0 Å². The summed E-state index contributed by atoms with van der Waals surface area (Å²) in [6, 6.07) is 5.56. The maximum Gasteiger partial charge on any atom is 0.250 e. The fourth-order valence-corrected chi connectivity index (χ4v) is 3.14. The topological polar surface area (TPSA) is 34.0 Å². The Labute approximate surface area is 94.8 Å². The lowest BCUT2D eigenvalue weighted by Crippen LogP contribution is -2.53. The Morgan fingerprint density at radius 2 is 2.44 bits per heavy atom. The lowest BCUT2D eigenvalue weighted by molar-refractivity contribution is 0.208. The summed E-state index contributed by atoms with van der Waals surface area (Å²) in [7, 11) is 0. The molecule has 0 saturated carbocycles. The first-order valence-corrected chi connectivity index (χ1v) is 5.80. The third-order valence-corrected chi connectivity index (χ3v) is 3.92. The average molecular weight is 216 g/mol. The van der Waals surface area contributed by atoms with E-state index in [9.17, 15) is 4.79 Å². The van der Waals surface area contributed by atoms with Gasteiger partial charge in [0.05, 0.1) is 0 Å². The van der Waals surface area contributed by atoms with Crippen molar-refractivity contribution in [2.24, 2.45) is 5.92 Å². The van der Waals surface area contributed by atoms with E-state index in [4.69, 9.17) is 0 Å². The first-order chi connectivity index (χ1) is 7.75. The Kier molecular flexibility index (Phi) is 2.04. The summed E-state index contributed by atoms with van der Waals surface area (Å²) in [6.07, 6.45) is 3.13. The molecule has 2 bridgehead atoms. The predicted octanol–water partition coefficient (Wildman–Crippen LogP) is 0.895. The smallest absolute Gasteiger partial charge is 0.250 e. The molecule has 0 spiro atoms. The molecule has 0 aliphatic carbocycles. The van der Waals surface area contributed by atoms with E-state index in [1.54, 1.807) is 6.07 Å². The Hall–Kier alpha value is -1.35. The van der Waals surface area contributed by atoms with Crippen molar-refractivity contribution in [1.82, 2.24) is 9.88 Å². The van der Waals surface area contributed by atoms with Crippen LogP contribution < -0.4 is 10.9 Å². The van der Waals surface area contributed by atoms with Crippen LogP contribution in [-0.4, -0.2) is 17.7 Å². The highest BCUT2D eigenvalue weighted by atomic mass is 16.1. The predicted molar refractivity (Wildman–Crippen MR) is 63.6 cm³/mol. The molecule has 2 unspecified atom stereocenters. The zero-order valence-corrected chi connectivity index (χ0v) is 9.28. The second kappa shape index (κ2) is 3.32. The highest BCUT2D eigenvalue weighted by molar-refractivity contribution is 5.29. The molecular formula is C13H16N2O. The molecule has 3 heterocycles. The number of pyridine rings is 1.